The third kappa shape index (κ3) is 1.49. The smallest absolute Gasteiger partial charge is 0.358 e. The van der Waals surface area contributed by atoms with E-state index < -0.39 is 5.97 Å². The predicted molar refractivity (Wildman–Crippen MR) is 48.4 cm³/mol. The lowest BCUT2D eigenvalue weighted by Crippen LogP contribution is -2.12. The van der Waals surface area contributed by atoms with E-state index in [4.69, 9.17) is 5.73 Å². The molecule has 0 fully saturated rings. The maximum absolute atomic E-state index is 11.3. The van der Waals surface area contributed by atoms with Crippen molar-refractivity contribution in [1.29, 1.82) is 0 Å². The molecule has 5 heteroatoms. The van der Waals surface area contributed by atoms with Crippen molar-refractivity contribution in [3.63, 3.8) is 0 Å². The van der Waals surface area contributed by atoms with Crippen LogP contribution in [0.2, 0.25) is 0 Å². The first kappa shape index (κ1) is 9.57. The molecule has 0 unspecified atom stereocenters. The third-order valence-electron chi connectivity index (χ3n) is 1.85. The van der Waals surface area contributed by atoms with Crippen LogP contribution in [0.3, 0.4) is 0 Å². The average Bonchev–Trinajstić information content (AvgIpc) is 2.42. The quantitative estimate of drug-likeness (QED) is 0.681. The number of aromatic nitrogens is 2. The number of carbonyl (C=O) groups excluding carboxylic acids is 1. The molecule has 0 bridgehead atoms. The fraction of sp³-hybridized carbons (Fsp3) is 0.500. The molecule has 0 atom stereocenters. The van der Waals surface area contributed by atoms with E-state index in [0.29, 0.717) is 23.6 Å². The number of rotatable bonds is 2. The minimum absolute atomic E-state index is 0.336. The molecule has 0 spiro atoms. The van der Waals surface area contributed by atoms with E-state index in [0.717, 1.165) is 0 Å². The molecule has 13 heavy (non-hydrogen) atoms. The molecular weight excluding hydrogens is 170 g/mol. The van der Waals surface area contributed by atoms with Crippen LogP contribution < -0.4 is 5.73 Å². The number of ether oxygens (including phenoxy) is 1. The molecule has 0 aromatic carbocycles. The first-order valence-electron chi connectivity index (χ1n) is 4.03. The van der Waals surface area contributed by atoms with Gasteiger partial charge in [-0.25, -0.2) is 4.79 Å². The Morgan fingerprint density at radius 3 is 2.77 bits per heavy atom. The molecule has 2 N–H and O–H groups in total. The van der Waals surface area contributed by atoms with Crippen LogP contribution in [0.1, 0.15) is 23.1 Å². The van der Waals surface area contributed by atoms with Gasteiger partial charge in [0.1, 0.15) is 0 Å². The Hall–Kier alpha value is -1.52. The second-order valence-corrected chi connectivity index (χ2v) is 2.66. The number of hydrogen-bond donors (Lipinski definition) is 1. The number of nitrogen functional groups attached to an aromatic ring is 1. The molecule has 72 valence electrons. The highest BCUT2D eigenvalue weighted by Crippen LogP contribution is 2.16. The maximum Gasteiger partial charge on any atom is 0.358 e. The summed E-state index contributed by atoms with van der Waals surface area (Å²) < 4.78 is 6.13. The lowest BCUT2D eigenvalue weighted by atomic mass is 10.3. The van der Waals surface area contributed by atoms with Gasteiger partial charge < -0.3 is 10.5 Å². The number of esters is 1. The summed E-state index contributed by atoms with van der Waals surface area (Å²) in [5.41, 5.74) is 7.06. The SMILES string of the molecule is CCn1nc(C)c(N)c1C(=O)OC. The normalized spacial score (nSPS) is 10.1. The van der Waals surface area contributed by atoms with Crippen LogP contribution in [0.5, 0.6) is 0 Å². The second-order valence-electron chi connectivity index (χ2n) is 2.66. The number of carbonyl (C=O) groups is 1. The van der Waals surface area contributed by atoms with E-state index in [1.54, 1.807) is 6.92 Å². The predicted octanol–water partition coefficient (Wildman–Crippen LogP) is 0.580. The van der Waals surface area contributed by atoms with Gasteiger partial charge in [0.25, 0.3) is 0 Å². The zero-order chi connectivity index (χ0) is 10.0. The lowest BCUT2D eigenvalue weighted by molar-refractivity contribution is 0.0588. The summed E-state index contributed by atoms with van der Waals surface area (Å²) in [6.45, 7) is 4.24. The minimum Gasteiger partial charge on any atom is -0.464 e. The van der Waals surface area contributed by atoms with Crippen LogP contribution >= 0.6 is 0 Å². The Labute approximate surface area is 76.5 Å². The van der Waals surface area contributed by atoms with Gasteiger partial charge in [-0.15, -0.1) is 0 Å². The van der Waals surface area contributed by atoms with Crippen LogP contribution in [0.15, 0.2) is 0 Å². The van der Waals surface area contributed by atoms with Crippen molar-refractivity contribution in [2.45, 2.75) is 20.4 Å². The monoisotopic (exact) mass is 183 g/mol. The van der Waals surface area contributed by atoms with Crippen LogP contribution in [-0.4, -0.2) is 22.9 Å². The van der Waals surface area contributed by atoms with Crippen molar-refractivity contribution >= 4 is 11.7 Å². The number of aryl methyl sites for hydroxylation is 2. The molecule has 0 saturated carbocycles. The molecular formula is C8H13N3O2. The second kappa shape index (κ2) is 3.47. The summed E-state index contributed by atoms with van der Waals surface area (Å²) in [5, 5.41) is 4.09. The van der Waals surface area contributed by atoms with Gasteiger partial charge in [0.15, 0.2) is 5.69 Å². The van der Waals surface area contributed by atoms with E-state index in [-0.39, 0.29) is 0 Å². The first-order chi connectivity index (χ1) is 6.11. The fourth-order valence-corrected chi connectivity index (χ4v) is 1.14. The van der Waals surface area contributed by atoms with Crippen molar-refractivity contribution in [3.05, 3.63) is 11.4 Å². The number of methoxy groups -OCH3 is 1. The first-order valence-corrected chi connectivity index (χ1v) is 4.03. The highest BCUT2D eigenvalue weighted by atomic mass is 16.5. The van der Waals surface area contributed by atoms with Crippen molar-refractivity contribution in [1.82, 2.24) is 9.78 Å². The van der Waals surface area contributed by atoms with Crippen LogP contribution in [0.4, 0.5) is 5.69 Å². The lowest BCUT2D eigenvalue weighted by Gasteiger charge is -2.02. The molecule has 1 aromatic rings. The van der Waals surface area contributed by atoms with Crippen molar-refractivity contribution in [2.75, 3.05) is 12.8 Å². The molecule has 0 aliphatic carbocycles. The summed E-state index contributed by atoms with van der Waals surface area (Å²) in [4.78, 5) is 11.3. The number of nitrogens with two attached hydrogens (primary N) is 1. The summed E-state index contributed by atoms with van der Waals surface area (Å²) >= 11 is 0. The van der Waals surface area contributed by atoms with Crippen LogP contribution in [0.25, 0.3) is 0 Å². The molecule has 1 rings (SSSR count). The molecule has 0 amide bonds. The summed E-state index contributed by atoms with van der Waals surface area (Å²) in [5.74, 6) is -0.444. The molecule has 5 nitrogen and oxygen atoms in total. The maximum atomic E-state index is 11.3. The zero-order valence-corrected chi connectivity index (χ0v) is 8.00. The van der Waals surface area contributed by atoms with Gasteiger partial charge in [0, 0.05) is 6.54 Å². The Morgan fingerprint density at radius 2 is 2.31 bits per heavy atom. The van der Waals surface area contributed by atoms with Gasteiger partial charge in [-0.1, -0.05) is 0 Å². The van der Waals surface area contributed by atoms with Crippen LogP contribution in [-0.2, 0) is 11.3 Å². The van der Waals surface area contributed by atoms with Gasteiger partial charge in [-0.05, 0) is 13.8 Å². The minimum atomic E-state index is -0.444. The van der Waals surface area contributed by atoms with Gasteiger partial charge in [0.2, 0.25) is 0 Å². The summed E-state index contributed by atoms with van der Waals surface area (Å²) in [7, 11) is 1.32. The highest BCUT2D eigenvalue weighted by molar-refractivity contribution is 5.93. The van der Waals surface area contributed by atoms with Crippen LogP contribution in [0, 0.1) is 6.92 Å². The Kier molecular flexibility index (Phi) is 2.55. The Bertz CT molecular complexity index is 330. The van der Waals surface area contributed by atoms with Gasteiger partial charge >= 0.3 is 5.97 Å². The molecule has 0 radical (unpaired) electrons. The van der Waals surface area contributed by atoms with E-state index in [1.165, 1.54) is 11.8 Å². The van der Waals surface area contributed by atoms with Gasteiger partial charge in [-0.3, -0.25) is 4.68 Å². The van der Waals surface area contributed by atoms with Gasteiger partial charge in [0.05, 0.1) is 18.5 Å². The summed E-state index contributed by atoms with van der Waals surface area (Å²) in [6, 6.07) is 0. The van der Waals surface area contributed by atoms with E-state index in [9.17, 15) is 4.79 Å². The summed E-state index contributed by atoms with van der Waals surface area (Å²) in [6.07, 6.45) is 0. The number of hydrogen-bond acceptors (Lipinski definition) is 4. The molecule has 0 aliphatic rings. The molecule has 1 aromatic heterocycles. The van der Waals surface area contributed by atoms with Crippen molar-refractivity contribution in [2.24, 2.45) is 0 Å². The largest absolute Gasteiger partial charge is 0.464 e. The number of anilines is 1. The topological polar surface area (TPSA) is 70.1 Å². The standard InChI is InChI=1S/C8H13N3O2/c1-4-11-7(8(12)13-3)6(9)5(2)10-11/h4,9H2,1-3H3. The Balaban J connectivity index is 3.23. The zero-order valence-electron chi connectivity index (χ0n) is 8.00. The molecule has 0 saturated heterocycles. The van der Waals surface area contributed by atoms with Crippen molar-refractivity contribution < 1.29 is 9.53 Å². The van der Waals surface area contributed by atoms with Gasteiger partial charge in [-0.2, -0.15) is 5.10 Å². The average molecular weight is 183 g/mol. The van der Waals surface area contributed by atoms with E-state index in [1.807, 2.05) is 6.92 Å². The number of nitrogens with zero attached hydrogens (tertiary/aromatic N) is 2. The Morgan fingerprint density at radius 1 is 1.69 bits per heavy atom. The van der Waals surface area contributed by atoms with E-state index in [2.05, 4.69) is 9.84 Å². The highest BCUT2D eigenvalue weighted by Gasteiger charge is 2.18. The molecule has 1 heterocycles. The molecule has 0 aliphatic heterocycles. The van der Waals surface area contributed by atoms with Crippen molar-refractivity contribution in [3.8, 4) is 0 Å². The van der Waals surface area contributed by atoms with E-state index >= 15 is 0 Å². The fourth-order valence-electron chi connectivity index (χ4n) is 1.14. The third-order valence-corrected chi connectivity index (χ3v) is 1.85.